The van der Waals surface area contributed by atoms with E-state index < -0.39 is 5.97 Å². The van der Waals surface area contributed by atoms with Crippen LogP contribution in [0.25, 0.3) is 0 Å². The zero-order chi connectivity index (χ0) is 14.4. The third-order valence-electron chi connectivity index (χ3n) is 2.94. The summed E-state index contributed by atoms with van der Waals surface area (Å²) in [5, 5.41) is 9.26. The van der Waals surface area contributed by atoms with E-state index in [1.54, 1.807) is 0 Å². The van der Waals surface area contributed by atoms with Gasteiger partial charge in [-0.05, 0) is 18.6 Å². The van der Waals surface area contributed by atoms with E-state index in [0.29, 0.717) is 12.4 Å². The van der Waals surface area contributed by atoms with Crippen molar-refractivity contribution in [2.75, 3.05) is 11.4 Å². The summed E-state index contributed by atoms with van der Waals surface area (Å²) in [7, 11) is 0. The Hall–Kier alpha value is -2.43. The first-order valence-corrected chi connectivity index (χ1v) is 6.61. The Kier molecular flexibility index (Phi) is 4.65. The van der Waals surface area contributed by atoms with Crippen molar-refractivity contribution in [2.45, 2.75) is 19.8 Å². The Bertz CT molecular complexity index is 572. The second-order valence-corrected chi connectivity index (χ2v) is 4.37. The third-order valence-corrected chi connectivity index (χ3v) is 2.94. The molecule has 2 aromatic rings. The van der Waals surface area contributed by atoms with Crippen LogP contribution in [0.1, 0.15) is 30.3 Å². The zero-order valence-electron chi connectivity index (χ0n) is 11.4. The fourth-order valence-electron chi connectivity index (χ4n) is 1.96. The van der Waals surface area contributed by atoms with Crippen LogP contribution < -0.4 is 4.90 Å². The van der Waals surface area contributed by atoms with Crippen molar-refractivity contribution in [2.24, 2.45) is 0 Å². The summed E-state index contributed by atoms with van der Waals surface area (Å²) in [5.74, 6) is -0.676. The zero-order valence-corrected chi connectivity index (χ0v) is 11.4. The minimum atomic E-state index is -1.06. The first-order valence-electron chi connectivity index (χ1n) is 6.61. The number of unbranched alkanes of at least 4 members (excludes halogenated alkanes) is 1. The lowest BCUT2D eigenvalue weighted by Crippen LogP contribution is -2.23. The predicted octanol–water partition coefficient (Wildman–Crippen LogP) is 3.11. The second-order valence-electron chi connectivity index (χ2n) is 4.37. The number of hydrogen-bond acceptors (Lipinski definition) is 4. The van der Waals surface area contributed by atoms with E-state index >= 15 is 0 Å². The molecule has 2 rings (SSSR count). The molecule has 0 fully saturated rings. The second kappa shape index (κ2) is 6.65. The molecule has 0 aliphatic heterocycles. The molecule has 1 aromatic heterocycles. The summed E-state index contributed by atoms with van der Waals surface area (Å²) in [4.78, 5) is 21.3. The molecule has 5 heteroatoms. The van der Waals surface area contributed by atoms with Crippen molar-refractivity contribution in [3.63, 3.8) is 0 Å². The highest BCUT2D eigenvalue weighted by Gasteiger charge is 2.19. The van der Waals surface area contributed by atoms with Gasteiger partial charge in [0.05, 0.1) is 0 Å². The van der Waals surface area contributed by atoms with Crippen molar-refractivity contribution in [3.8, 4) is 0 Å². The fraction of sp³-hybridized carbons (Fsp3) is 0.267. The molecule has 0 radical (unpaired) electrons. The van der Waals surface area contributed by atoms with Crippen LogP contribution in [-0.4, -0.2) is 27.6 Å². The molecular weight excluding hydrogens is 254 g/mol. The van der Waals surface area contributed by atoms with Crippen LogP contribution in [0.5, 0.6) is 0 Å². The van der Waals surface area contributed by atoms with Gasteiger partial charge in [0.25, 0.3) is 0 Å². The Labute approximate surface area is 117 Å². The Morgan fingerprint density at radius 3 is 2.55 bits per heavy atom. The largest absolute Gasteiger partial charge is 0.476 e. The minimum absolute atomic E-state index is 0.0209. The Balaban J connectivity index is 2.44. The summed E-state index contributed by atoms with van der Waals surface area (Å²) in [5.41, 5.74) is 0.899. The highest BCUT2D eigenvalue weighted by Crippen LogP contribution is 2.25. The summed E-state index contributed by atoms with van der Waals surface area (Å²) < 4.78 is 0. The van der Waals surface area contributed by atoms with E-state index in [0.717, 1.165) is 18.5 Å². The van der Waals surface area contributed by atoms with Crippen LogP contribution in [0.2, 0.25) is 0 Å². The summed E-state index contributed by atoms with van der Waals surface area (Å²) in [6.45, 7) is 2.80. The highest BCUT2D eigenvalue weighted by molar-refractivity contribution is 5.92. The number of carboxylic acids is 1. The number of hydrogen-bond donors (Lipinski definition) is 1. The number of para-hydroxylation sites is 1. The summed E-state index contributed by atoms with van der Waals surface area (Å²) in [6.07, 6.45) is 4.89. The molecule has 0 atom stereocenters. The van der Waals surface area contributed by atoms with Crippen LogP contribution in [0.15, 0.2) is 42.7 Å². The molecule has 0 spiro atoms. The SMILES string of the molecule is CCCCN(c1ccccc1)c1nccnc1C(=O)O. The van der Waals surface area contributed by atoms with Crippen LogP contribution >= 0.6 is 0 Å². The van der Waals surface area contributed by atoms with Crippen molar-refractivity contribution in [1.82, 2.24) is 9.97 Å². The number of carbonyl (C=O) groups is 1. The lowest BCUT2D eigenvalue weighted by atomic mass is 10.2. The lowest BCUT2D eigenvalue weighted by molar-refractivity contribution is 0.0691. The number of aromatic nitrogens is 2. The number of aromatic carboxylic acids is 1. The molecule has 0 amide bonds. The maximum Gasteiger partial charge on any atom is 0.358 e. The smallest absolute Gasteiger partial charge is 0.358 e. The molecule has 20 heavy (non-hydrogen) atoms. The number of anilines is 2. The quantitative estimate of drug-likeness (QED) is 0.874. The predicted molar refractivity (Wildman–Crippen MR) is 77.3 cm³/mol. The van der Waals surface area contributed by atoms with Gasteiger partial charge in [-0.15, -0.1) is 0 Å². The molecule has 0 aliphatic rings. The molecule has 1 N–H and O–H groups in total. The van der Waals surface area contributed by atoms with Crippen molar-refractivity contribution in [3.05, 3.63) is 48.4 Å². The molecule has 0 bridgehead atoms. The van der Waals surface area contributed by atoms with Crippen molar-refractivity contribution in [1.29, 1.82) is 0 Å². The topological polar surface area (TPSA) is 66.3 Å². The molecule has 0 saturated carbocycles. The van der Waals surface area contributed by atoms with E-state index in [1.165, 1.54) is 12.4 Å². The number of nitrogens with zero attached hydrogens (tertiary/aromatic N) is 3. The van der Waals surface area contributed by atoms with Gasteiger partial charge >= 0.3 is 5.97 Å². The van der Waals surface area contributed by atoms with Gasteiger partial charge in [0.15, 0.2) is 11.5 Å². The van der Waals surface area contributed by atoms with E-state index in [9.17, 15) is 9.90 Å². The van der Waals surface area contributed by atoms with Crippen LogP contribution in [0.4, 0.5) is 11.5 Å². The molecule has 0 aliphatic carbocycles. The van der Waals surface area contributed by atoms with Gasteiger partial charge in [-0.1, -0.05) is 31.5 Å². The van der Waals surface area contributed by atoms with Gasteiger partial charge in [0.1, 0.15) is 0 Å². The van der Waals surface area contributed by atoms with Gasteiger partial charge in [-0.2, -0.15) is 0 Å². The normalized spacial score (nSPS) is 10.2. The standard InChI is InChI=1S/C15H17N3O2/c1-2-3-11-18(12-7-5-4-6-8-12)14-13(15(19)20)16-9-10-17-14/h4-10H,2-3,11H2,1H3,(H,19,20). The Morgan fingerprint density at radius 2 is 1.90 bits per heavy atom. The number of rotatable bonds is 6. The first-order chi connectivity index (χ1) is 9.74. The van der Waals surface area contributed by atoms with Crippen molar-refractivity contribution < 1.29 is 9.90 Å². The van der Waals surface area contributed by atoms with Gasteiger partial charge in [0, 0.05) is 24.6 Å². The van der Waals surface area contributed by atoms with Crippen LogP contribution in [0, 0.1) is 0 Å². The maximum absolute atomic E-state index is 11.3. The number of benzene rings is 1. The number of carboxylic acid groups (broad SMARTS) is 1. The minimum Gasteiger partial charge on any atom is -0.476 e. The first kappa shape index (κ1) is 14.0. The highest BCUT2D eigenvalue weighted by atomic mass is 16.4. The average molecular weight is 271 g/mol. The van der Waals surface area contributed by atoms with Crippen molar-refractivity contribution >= 4 is 17.5 Å². The maximum atomic E-state index is 11.3. The van der Waals surface area contributed by atoms with E-state index in [2.05, 4.69) is 16.9 Å². The monoisotopic (exact) mass is 271 g/mol. The third kappa shape index (κ3) is 3.12. The molecule has 1 heterocycles. The van der Waals surface area contributed by atoms with Crippen LogP contribution in [-0.2, 0) is 0 Å². The van der Waals surface area contributed by atoms with E-state index in [4.69, 9.17) is 0 Å². The molecule has 1 aromatic carbocycles. The van der Waals surface area contributed by atoms with Crippen LogP contribution in [0.3, 0.4) is 0 Å². The Morgan fingerprint density at radius 1 is 1.20 bits per heavy atom. The molecule has 0 unspecified atom stereocenters. The molecule has 5 nitrogen and oxygen atoms in total. The van der Waals surface area contributed by atoms with Gasteiger partial charge in [-0.3, -0.25) is 0 Å². The van der Waals surface area contributed by atoms with Gasteiger partial charge in [0.2, 0.25) is 0 Å². The van der Waals surface area contributed by atoms with Gasteiger partial charge < -0.3 is 10.0 Å². The van der Waals surface area contributed by atoms with Gasteiger partial charge in [-0.25, -0.2) is 14.8 Å². The molecule has 104 valence electrons. The summed E-state index contributed by atoms with van der Waals surface area (Å²) >= 11 is 0. The molecular formula is C15H17N3O2. The van der Waals surface area contributed by atoms with E-state index in [1.807, 2.05) is 35.2 Å². The summed E-state index contributed by atoms with van der Waals surface area (Å²) in [6, 6.07) is 9.65. The fourth-order valence-corrected chi connectivity index (χ4v) is 1.96. The average Bonchev–Trinajstić information content (AvgIpc) is 2.49. The lowest BCUT2D eigenvalue weighted by Gasteiger charge is -2.24. The molecule has 0 saturated heterocycles. The van der Waals surface area contributed by atoms with E-state index in [-0.39, 0.29) is 5.69 Å².